The second kappa shape index (κ2) is 5.88. The Morgan fingerprint density at radius 3 is 2.40 bits per heavy atom. The van der Waals surface area contributed by atoms with Crippen LogP contribution in [0.2, 0.25) is 0 Å². The molecule has 82 valence electrons. The Morgan fingerprint density at radius 1 is 1.33 bits per heavy atom. The molecule has 0 spiro atoms. The molecule has 1 rings (SSSR count). The van der Waals surface area contributed by atoms with Gasteiger partial charge in [0.1, 0.15) is 0 Å². The molecule has 1 aromatic rings. The van der Waals surface area contributed by atoms with Crippen molar-refractivity contribution in [3.8, 4) is 0 Å². The third-order valence-corrected chi connectivity index (χ3v) is 2.90. The van der Waals surface area contributed by atoms with Gasteiger partial charge in [-0.05, 0) is 12.0 Å². The van der Waals surface area contributed by atoms with Crippen LogP contribution in [-0.4, -0.2) is 27.6 Å². The summed E-state index contributed by atoms with van der Waals surface area (Å²) in [5, 5.41) is 18.8. The number of carbonyl (C=O) groups is 1. The molecule has 4 heteroatoms. The SMILES string of the molecule is O=C(O)C(Cc1ccccc1)C(O)CBr. The van der Waals surface area contributed by atoms with Gasteiger partial charge in [-0.2, -0.15) is 0 Å². The van der Waals surface area contributed by atoms with E-state index in [1.807, 2.05) is 30.3 Å². The summed E-state index contributed by atoms with van der Waals surface area (Å²) in [7, 11) is 0. The normalized spacial score (nSPS) is 14.5. The van der Waals surface area contributed by atoms with Gasteiger partial charge < -0.3 is 10.2 Å². The molecular formula is C11H13BrO3. The Balaban J connectivity index is 2.71. The standard InChI is InChI=1S/C11H13BrO3/c12-7-10(13)9(11(14)15)6-8-4-2-1-3-5-8/h1-5,9-10,13H,6-7H2,(H,14,15). The Labute approximate surface area is 96.9 Å². The fourth-order valence-corrected chi connectivity index (χ4v) is 1.81. The van der Waals surface area contributed by atoms with Gasteiger partial charge in [-0.1, -0.05) is 46.3 Å². The molecule has 2 unspecified atom stereocenters. The van der Waals surface area contributed by atoms with Crippen LogP contribution in [0.15, 0.2) is 30.3 Å². The van der Waals surface area contributed by atoms with Gasteiger partial charge in [-0.3, -0.25) is 4.79 Å². The highest BCUT2D eigenvalue weighted by molar-refractivity contribution is 9.09. The summed E-state index contributed by atoms with van der Waals surface area (Å²) in [6, 6.07) is 9.30. The van der Waals surface area contributed by atoms with Crippen molar-refractivity contribution < 1.29 is 15.0 Å². The van der Waals surface area contributed by atoms with Crippen molar-refractivity contribution in [1.82, 2.24) is 0 Å². The number of halogens is 1. The Bertz CT molecular complexity index is 313. The maximum absolute atomic E-state index is 10.9. The number of benzene rings is 1. The molecule has 2 atom stereocenters. The van der Waals surface area contributed by atoms with Crippen molar-refractivity contribution >= 4 is 21.9 Å². The first-order chi connectivity index (χ1) is 7.15. The number of alkyl halides is 1. The average Bonchev–Trinajstić information content (AvgIpc) is 2.26. The molecule has 0 fully saturated rings. The minimum absolute atomic E-state index is 0.275. The molecule has 0 aromatic heterocycles. The van der Waals surface area contributed by atoms with Crippen molar-refractivity contribution in [2.24, 2.45) is 5.92 Å². The third kappa shape index (κ3) is 3.64. The zero-order chi connectivity index (χ0) is 11.3. The van der Waals surface area contributed by atoms with Crippen LogP contribution in [0.5, 0.6) is 0 Å². The number of rotatable bonds is 5. The van der Waals surface area contributed by atoms with E-state index in [0.717, 1.165) is 5.56 Å². The molecule has 1 aromatic carbocycles. The molecule has 0 saturated heterocycles. The zero-order valence-electron chi connectivity index (χ0n) is 8.14. The lowest BCUT2D eigenvalue weighted by atomic mass is 9.95. The molecule has 2 N–H and O–H groups in total. The summed E-state index contributed by atoms with van der Waals surface area (Å²) in [5.41, 5.74) is 0.921. The first kappa shape index (κ1) is 12.2. The second-order valence-corrected chi connectivity index (χ2v) is 4.00. The van der Waals surface area contributed by atoms with Crippen molar-refractivity contribution in [1.29, 1.82) is 0 Å². The summed E-state index contributed by atoms with van der Waals surface area (Å²) in [5.74, 6) is -1.72. The fourth-order valence-electron chi connectivity index (χ4n) is 1.36. The molecule has 0 radical (unpaired) electrons. The van der Waals surface area contributed by atoms with Gasteiger partial charge in [0.15, 0.2) is 0 Å². The van der Waals surface area contributed by atoms with E-state index in [9.17, 15) is 9.90 Å². The number of aliphatic carboxylic acids is 1. The third-order valence-electron chi connectivity index (χ3n) is 2.24. The monoisotopic (exact) mass is 272 g/mol. The van der Waals surface area contributed by atoms with Crippen molar-refractivity contribution in [2.75, 3.05) is 5.33 Å². The summed E-state index contributed by atoms with van der Waals surface area (Å²) in [4.78, 5) is 10.9. The highest BCUT2D eigenvalue weighted by Crippen LogP contribution is 2.14. The van der Waals surface area contributed by atoms with Crippen LogP contribution in [0.25, 0.3) is 0 Å². The summed E-state index contributed by atoms with van der Waals surface area (Å²) < 4.78 is 0. The fraction of sp³-hybridized carbons (Fsp3) is 0.364. The maximum atomic E-state index is 10.9. The van der Waals surface area contributed by atoms with E-state index in [0.29, 0.717) is 6.42 Å². The first-order valence-electron chi connectivity index (χ1n) is 4.66. The van der Waals surface area contributed by atoms with Crippen LogP contribution in [0.4, 0.5) is 0 Å². The van der Waals surface area contributed by atoms with Crippen LogP contribution in [0.3, 0.4) is 0 Å². The first-order valence-corrected chi connectivity index (χ1v) is 5.78. The molecule has 0 aliphatic heterocycles. The molecule has 15 heavy (non-hydrogen) atoms. The van der Waals surface area contributed by atoms with E-state index in [-0.39, 0.29) is 5.33 Å². The van der Waals surface area contributed by atoms with Gasteiger partial charge in [-0.15, -0.1) is 0 Å². The number of aliphatic hydroxyl groups excluding tert-OH is 1. The van der Waals surface area contributed by atoms with Crippen LogP contribution >= 0.6 is 15.9 Å². The number of carboxylic acid groups (broad SMARTS) is 1. The topological polar surface area (TPSA) is 57.5 Å². The smallest absolute Gasteiger partial charge is 0.309 e. The molecule has 0 saturated carbocycles. The molecule has 0 aliphatic rings. The van der Waals surface area contributed by atoms with E-state index >= 15 is 0 Å². The van der Waals surface area contributed by atoms with Crippen LogP contribution < -0.4 is 0 Å². The lowest BCUT2D eigenvalue weighted by Gasteiger charge is -2.16. The number of aliphatic hydroxyl groups is 1. The van der Waals surface area contributed by atoms with E-state index in [1.54, 1.807) is 0 Å². The second-order valence-electron chi connectivity index (χ2n) is 3.36. The van der Waals surface area contributed by atoms with E-state index in [2.05, 4.69) is 15.9 Å². The van der Waals surface area contributed by atoms with Crippen molar-refractivity contribution in [3.05, 3.63) is 35.9 Å². The van der Waals surface area contributed by atoms with Gasteiger partial charge in [0.2, 0.25) is 0 Å². The summed E-state index contributed by atoms with van der Waals surface area (Å²) in [6.07, 6.45) is -0.508. The van der Waals surface area contributed by atoms with E-state index < -0.39 is 18.0 Å². The van der Waals surface area contributed by atoms with Crippen LogP contribution in [0.1, 0.15) is 5.56 Å². The largest absolute Gasteiger partial charge is 0.481 e. The summed E-state index contributed by atoms with van der Waals surface area (Å²) >= 11 is 3.08. The van der Waals surface area contributed by atoms with E-state index in [1.165, 1.54) is 0 Å². The van der Waals surface area contributed by atoms with Crippen molar-refractivity contribution in [2.45, 2.75) is 12.5 Å². The highest BCUT2D eigenvalue weighted by Gasteiger charge is 2.25. The van der Waals surface area contributed by atoms with Gasteiger partial charge in [0.25, 0.3) is 0 Å². The molecule has 0 aliphatic carbocycles. The lowest BCUT2D eigenvalue weighted by molar-refractivity contribution is -0.145. The number of carboxylic acids is 1. The van der Waals surface area contributed by atoms with Gasteiger partial charge in [0.05, 0.1) is 12.0 Å². The van der Waals surface area contributed by atoms with Gasteiger partial charge in [-0.25, -0.2) is 0 Å². The minimum Gasteiger partial charge on any atom is -0.481 e. The maximum Gasteiger partial charge on any atom is 0.309 e. The zero-order valence-corrected chi connectivity index (χ0v) is 9.72. The Morgan fingerprint density at radius 2 is 1.93 bits per heavy atom. The predicted molar refractivity (Wildman–Crippen MR) is 61.1 cm³/mol. The molecule has 0 amide bonds. The lowest BCUT2D eigenvalue weighted by Crippen LogP contribution is -2.31. The predicted octanol–water partition coefficient (Wildman–Crippen LogP) is 1.69. The molecule has 3 nitrogen and oxygen atoms in total. The average molecular weight is 273 g/mol. The Hall–Kier alpha value is -0.870. The Kier molecular flexibility index (Phi) is 4.78. The number of hydrogen-bond acceptors (Lipinski definition) is 2. The van der Waals surface area contributed by atoms with Gasteiger partial charge in [0, 0.05) is 5.33 Å². The van der Waals surface area contributed by atoms with Crippen molar-refractivity contribution in [3.63, 3.8) is 0 Å². The number of hydrogen-bond donors (Lipinski definition) is 2. The molecule has 0 bridgehead atoms. The minimum atomic E-state index is -0.967. The van der Waals surface area contributed by atoms with Gasteiger partial charge >= 0.3 is 5.97 Å². The van der Waals surface area contributed by atoms with E-state index in [4.69, 9.17) is 5.11 Å². The van der Waals surface area contributed by atoms with Crippen LogP contribution in [-0.2, 0) is 11.2 Å². The molecular weight excluding hydrogens is 260 g/mol. The highest BCUT2D eigenvalue weighted by atomic mass is 79.9. The quantitative estimate of drug-likeness (QED) is 0.802. The van der Waals surface area contributed by atoms with Crippen LogP contribution in [0, 0.1) is 5.92 Å². The summed E-state index contributed by atoms with van der Waals surface area (Å²) in [6.45, 7) is 0. The molecule has 0 heterocycles.